The Hall–Kier alpha value is -2.22. The van der Waals surface area contributed by atoms with Gasteiger partial charge >= 0.3 is 0 Å². The molecule has 154 valence electrons. The van der Waals surface area contributed by atoms with Crippen LogP contribution in [-0.2, 0) is 14.8 Å². The van der Waals surface area contributed by atoms with Crippen molar-refractivity contribution in [3.05, 3.63) is 58.6 Å². The van der Waals surface area contributed by atoms with Crippen LogP contribution in [0.4, 0.5) is 5.69 Å². The van der Waals surface area contributed by atoms with Gasteiger partial charge in [0.2, 0.25) is 15.9 Å². The number of ketones is 1. The first-order valence-electron chi connectivity index (χ1n) is 9.40. The number of aryl methyl sites for hydroxylation is 1. The quantitative estimate of drug-likeness (QED) is 0.720. The molecule has 1 fully saturated rings. The van der Waals surface area contributed by atoms with Crippen molar-refractivity contribution < 1.29 is 18.0 Å². The van der Waals surface area contributed by atoms with Gasteiger partial charge in [-0.3, -0.25) is 9.59 Å². The first-order chi connectivity index (χ1) is 13.7. The molecule has 1 heterocycles. The molecule has 1 N–H and O–H groups in total. The summed E-state index contributed by atoms with van der Waals surface area (Å²) >= 11 is 5.96. The van der Waals surface area contributed by atoms with Crippen LogP contribution in [0.1, 0.15) is 42.1 Å². The van der Waals surface area contributed by atoms with Crippen molar-refractivity contribution in [2.45, 2.75) is 44.0 Å². The minimum atomic E-state index is -3.87. The number of carbonyl (C=O) groups excluding carboxylic acids is 2. The summed E-state index contributed by atoms with van der Waals surface area (Å²) in [6, 6.07) is 10.1. The number of benzene rings is 2. The average Bonchev–Trinajstić information content (AvgIpc) is 2.70. The van der Waals surface area contributed by atoms with Crippen molar-refractivity contribution in [3.8, 4) is 0 Å². The predicted molar refractivity (Wildman–Crippen MR) is 113 cm³/mol. The predicted octanol–water partition coefficient (Wildman–Crippen LogP) is 4.03. The Morgan fingerprint density at radius 2 is 1.79 bits per heavy atom. The fourth-order valence-electron chi connectivity index (χ4n) is 3.44. The van der Waals surface area contributed by atoms with Gasteiger partial charge in [-0.2, -0.15) is 4.31 Å². The minimum absolute atomic E-state index is 0.0740. The van der Waals surface area contributed by atoms with Gasteiger partial charge in [0.1, 0.15) is 6.04 Å². The third-order valence-corrected chi connectivity index (χ3v) is 7.23. The average molecular weight is 435 g/mol. The number of rotatable bonds is 5. The molecule has 8 heteroatoms. The SMILES string of the molecule is CC(=O)c1ccc(S(=O)(=O)N2CCCCC2C(=O)Nc2ccc(Cl)cc2C)cc1. The number of nitrogens with zero attached hydrogens (tertiary/aromatic N) is 1. The zero-order valence-corrected chi connectivity index (χ0v) is 17.9. The summed E-state index contributed by atoms with van der Waals surface area (Å²) in [6.07, 6.45) is 1.91. The van der Waals surface area contributed by atoms with E-state index in [-0.39, 0.29) is 23.1 Å². The van der Waals surface area contributed by atoms with E-state index in [0.717, 1.165) is 12.0 Å². The standard InChI is InChI=1S/C21H23ClN2O4S/c1-14-13-17(22)8-11-19(14)23-21(26)20-5-3-4-12-24(20)29(27,28)18-9-6-16(7-10-18)15(2)25/h6-11,13,20H,3-5,12H2,1-2H3,(H,23,26). The van der Waals surface area contributed by atoms with Gasteiger partial charge in [0.25, 0.3) is 0 Å². The van der Waals surface area contributed by atoms with Crippen LogP contribution in [0.5, 0.6) is 0 Å². The van der Waals surface area contributed by atoms with Crippen molar-refractivity contribution in [1.82, 2.24) is 4.31 Å². The Labute approximate surface area is 175 Å². The lowest BCUT2D eigenvalue weighted by Crippen LogP contribution is -2.49. The Bertz CT molecular complexity index is 1040. The van der Waals surface area contributed by atoms with Crippen molar-refractivity contribution in [3.63, 3.8) is 0 Å². The summed E-state index contributed by atoms with van der Waals surface area (Å²) in [4.78, 5) is 24.5. The third kappa shape index (κ3) is 4.69. The first-order valence-corrected chi connectivity index (χ1v) is 11.2. The van der Waals surface area contributed by atoms with E-state index in [1.165, 1.54) is 35.5 Å². The maximum absolute atomic E-state index is 13.2. The molecule has 1 aliphatic rings. The van der Waals surface area contributed by atoms with E-state index < -0.39 is 16.1 Å². The van der Waals surface area contributed by atoms with E-state index in [0.29, 0.717) is 29.1 Å². The molecule has 29 heavy (non-hydrogen) atoms. The molecule has 0 aromatic heterocycles. The highest BCUT2D eigenvalue weighted by molar-refractivity contribution is 7.89. The Kier molecular flexibility index (Phi) is 6.41. The zero-order valence-electron chi connectivity index (χ0n) is 16.3. The number of amides is 1. The maximum atomic E-state index is 13.2. The lowest BCUT2D eigenvalue weighted by Gasteiger charge is -2.33. The molecule has 1 amide bonds. The molecule has 1 aliphatic heterocycles. The minimum Gasteiger partial charge on any atom is -0.324 e. The topological polar surface area (TPSA) is 83.6 Å². The Balaban J connectivity index is 1.86. The van der Waals surface area contributed by atoms with Crippen LogP contribution in [0, 0.1) is 6.92 Å². The summed E-state index contributed by atoms with van der Waals surface area (Å²) in [5.74, 6) is -0.499. The second-order valence-corrected chi connectivity index (χ2v) is 9.48. The molecule has 1 saturated heterocycles. The van der Waals surface area contributed by atoms with E-state index in [4.69, 9.17) is 11.6 Å². The van der Waals surface area contributed by atoms with Crippen LogP contribution in [0.25, 0.3) is 0 Å². The van der Waals surface area contributed by atoms with Crippen LogP contribution < -0.4 is 5.32 Å². The fraction of sp³-hybridized carbons (Fsp3) is 0.333. The van der Waals surface area contributed by atoms with Gasteiger partial charge in [0.15, 0.2) is 5.78 Å². The molecule has 2 aromatic carbocycles. The number of hydrogen-bond donors (Lipinski definition) is 1. The monoisotopic (exact) mass is 434 g/mol. The zero-order chi connectivity index (χ0) is 21.2. The molecule has 3 rings (SSSR count). The second kappa shape index (κ2) is 8.65. The lowest BCUT2D eigenvalue weighted by molar-refractivity contribution is -0.120. The number of nitrogens with one attached hydrogen (secondary N) is 1. The number of Topliss-reactive ketones (excluding diaryl/α,β-unsaturated/α-hetero) is 1. The number of piperidine rings is 1. The molecule has 0 aliphatic carbocycles. The second-order valence-electron chi connectivity index (χ2n) is 7.16. The molecule has 2 aromatic rings. The molecule has 0 saturated carbocycles. The number of carbonyl (C=O) groups is 2. The van der Waals surface area contributed by atoms with Gasteiger partial charge in [-0.25, -0.2) is 8.42 Å². The van der Waals surface area contributed by atoms with E-state index >= 15 is 0 Å². The summed E-state index contributed by atoms with van der Waals surface area (Å²) in [7, 11) is -3.87. The molecule has 0 spiro atoms. The summed E-state index contributed by atoms with van der Waals surface area (Å²) < 4.78 is 27.6. The lowest BCUT2D eigenvalue weighted by atomic mass is 10.0. The smallest absolute Gasteiger partial charge is 0.243 e. The van der Waals surface area contributed by atoms with Crippen molar-refractivity contribution in [1.29, 1.82) is 0 Å². The molecular formula is C21H23ClN2O4S. The van der Waals surface area contributed by atoms with E-state index in [9.17, 15) is 18.0 Å². The van der Waals surface area contributed by atoms with Crippen LogP contribution in [-0.4, -0.2) is 37.0 Å². The maximum Gasteiger partial charge on any atom is 0.243 e. The first kappa shape index (κ1) is 21.5. The highest BCUT2D eigenvalue weighted by Crippen LogP contribution is 2.27. The molecule has 0 bridgehead atoms. The van der Waals surface area contributed by atoms with Gasteiger partial charge in [-0.05, 0) is 62.6 Å². The van der Waals surface area contributed by atoms with Crippen LogP contribution in [0.3, 0.4) is 0 Å². The number of anilines is 1. The third-order valence-electron chi connectivity index (χ3n) is 5.07. The van der Waals surface area contributed by atoms with Crippen molar-refractivity contribution in [2.24, 2.45) is 0 Å². The normalized spacial score (nSPS) is 17.7. The highest BCUT2D eigenvalue weighted by Gasteiger charge is 2.37. The van der Waals surface area contributed by atoms with Crippen molar-refractivity contribution >= 4 is 39.0 Å². The van der Waals surface area contributed by atoms with Gasteiger partial charge in [0.05, 0.1) is 4.90 Å². The van der Waals surface area contributed by atoms with E-state index in [1.54, 1.807) is 18.2 Å². The number of halogens is 1. The Morgan fingerprint density at radius 1 is 1.10 bits per heavy atom. The Morgan fingerprint density at radius 3 is 2.41 bits per heavy atom. The van der Waals surface area contributed by atoms with Crippen LogP contribution >= 0.6 is 11.6 Å². The number of hydrogen-bond acceptors (Lipinski definition) is 4. The largest absolute Gasteiger partial charge is 0.324 e. The summed E-state index contributed by atoms with van der Waals surface area (Å²) in [5, 5.41) is 3.40. The highest BCUT2D eigenvalue weighted by atomic mass is 35.5. The summed E-state index contributed by atoms with van der Waals surface area (Å²) in [6.45, 7) is 3.52. The molecule has 6 nitrogen and oxygen atoms in total. The molecule has 1 unspecified atom stereocenters. The van der Waals surface area contributed by atoms with Crippen LogP contribution in [0.2, 0.25) is 5.02 Å². The molecule has 0 radical (unpaired) electrons. The van der Waals surface area contributed by atoms with E-state index in [1.807, 2.05) is 6.92 Å². The van der Waals surface area contributed by atoms with Crippen molar-refractivity contribution in [2.75, 3.05) is 11.9 Å². The number of sulfonamides is 1. The van der Waals surface area contributed by atoms with Gasteiger partial charge < -0.3 is 5.32 Å². The molecule has 1 atom stereocenters. The fourth-order valence-corrected chi connectivity index (χ4v) is 5.32. The van der Waals surface area contributed by atoms with Gasteiger partial charge in [-0.1, -0.05) is 30.2 Å². The van der Waals surface area contributed by atoms with Crippen LogP contribution in [0.15, 0.2) is 47.4 Å². The summed E-state index contributed by atoms with van der Waals surface area (Å²) in [5.41, 5.74) is 1.85. The molecular weight excluding hydrogens is 412 g/mol. The van der Waals surface area contributed by atoms with Gasteiger partial charge in [0, 0.05) is 22.8 Å². The van der Waals surface area contributed by atoms with E-state index in [2.05, 4.69) is 5.32 Å². The van der Waals surface area contributed by atoms with Gasteiger partial charge in [-0.15, -0.1) is 0 Å².